The molecule has 0 aliphatic rings. The number of aryl methyl sites for hydroxylation is 1. The lowest BCUT2D eigenvalue weighted by molar-refractivity contribution is -0.127. The van der Waals surface area contributed by atoms with Gasteiger partial charge in [0.2, 0.25) is 0 Å². The predicted octanol–water partition coefficient (Wildman–Crippen LogP) is 5.92. The van der Waals surface area contributed by atoms with Crippen LogP contribution in [0, 0.1) is 6.92 Å². The first-order valence-corrected chi connectivity index (χ1v) is 11.8. The molecule has 1 heterocycles. The Morgan fingerprint density at radius 3 is 2.44 bits per heavy atom. The molecule has 0 saturated heterocycles. The molecule has 0 bridgehead atoms. The number of carbonyl (C=O) groups is 1. The topological polar surface area (TPSA) is 68.5 Å². The van der Waals surface area contributed by atoms with Crippen LogP contribution in [0.1, 0.15) is 18.1 Å². The molecule has 6 heteroatoms. The molecule has 36 heavy (non-hydrogen) atoms. The predicted molar refractivity (Wildman–Crippen MR) is 144 cm³/mol. The number of rotatable bonds is 7. The second-order valence-corrected chi connectivity index (χ2v) is 8.58. The number of hydrogen-bond donors (Lipinski definition) is 1. The smallest absolute Gasteiger partial charge is 0.280 e. The summed E-state index contributed by atoms with van der Waals surface area (Å²) in [5, 5.41) is 11.2. The van der Waals surface area contributed by atoms with Gasteiger partial charge in [0.05, 0.1) is 11.9 Å². The van der Waals surface area contributed by atoms with Crippen LogP contribution in [0.15, 0.2) is 108 Å². The molecule has 0 aliphatic heterocycles. The van der Waals surface area contributed by atoms with E-state index in [0.29, 0.717) is 5.75 Å². The van der Waals surface area contributed by atoms with Crippen LogP contribution in [0.3, 0.4) is 0 Å². The number of nitrogens with one attached hydrogen (secondary N) is 1. The summed E-state index contributed by atoms with van der Waals surface area (Å²) >= 11 is 0. The first-order chi connectivity index (χ1) is 17.6. The molecule has 1 atom stereocenters. The fourth-order valence-electron chi connectivity index (χ4n) is 3.89. The zero-order valence-corrected chi connectivity index (χ0v) is 20.1. The highest BCUT2D eigenvalue weighted by Crippen LogP contribution is 2.24. The largest absolute Gasteiger partial charge is 0.481 e. The number of benzene rings is 4. The van der Waals surface area contributed by atoms with Crippen LogP contribution in [0.25, 0.3) is 27.7 Å². The molecule has 1 N–H and O–H groups in total. The van der Waals surface area contributed by atoms with E-state index in [4.69, 9.17) is 9.84 Å². The lowest BCUT2D eigenvalue weighted by Crippen LogP contribution is -2.33. The summed E-state index contributed by atoms with van der Waals surface area (Å²) in [4.78, 5) is 12.6. The highest BCUT2D eigenvalue weighted by molar-refractivity contribution is 5.90. The first kappa shape index (κ1) is 23.1. The van der Waals surface area contributed by atoms with E-state index in [1.54, 1.807) is 13.1 Å². The van der Waals surface area contributed by atoms with Gasteiger partial charge in [-0.05, 0) is 48.9 Å². The number of nitrogens with zero attached hydrogens (tertiary/aromatic N) is 3. The molecule has 1 amide bonds. The molecule has 0 aliphatic carbocycles. The summed E-state index contributed by atoms with van der Waals surface area (Å²) in [7, 11) is 0. The van der Waals surface area contributed by atoms with Crippen molar-refractivity contribution in [2.75, 3.05) is 0 Å². The van der Waals surface area contributed by atoms with Gasteiger partial charge in [-0.1, -0.05) is 78.4 Å². The fourth-order valence-corrected chi connectivity index (χ4v) is 3.89. The van der Waals surface area contributed by atoms with Crippen molar-refractivity contribution in [3.8, 4) is 22.7 Å². The third-order valence-electron chi connectivity index (χ3n) is 5.87. The highest BCUT2D eigenvalue weighted by atomic mass is 16.5. The summed E-state index contributed by atoms with van der Waals surface area (Å²) in [6.45, 7) is 3.75. The number of hydrogen-bond acceptors (Lipinski definition) is 4. The molecular weight excluding hydrogens is 448 g/mol. The SMILES string of the molecule is Cc1ccc(-c2nn(-c3ccccc3)cc2/C=N/NC(=O)C(C)Oc2ccc3ccccc3c2)cc1. The second-order valence-electron chi connectivity index (χ2n) is 8.58. The van der Waals surface area contributed by atoms with Gasteiger partial charge in [-0.15, -0.1) is 0 Å². The summed E-state index contributed by atoms with van der Waals surface area (Å²) < 4.78 is 7.66. The van der Waals surface area contributed by atoms with Gasteiger partial charge >= 0.3 is 0 Å². The molecule has 0 spiro atoms. The van der Waals surface area contributed by atoms with Crippen molar-refractivity contribution in [2.24, 2.45) is 5.10 Å². The minimum absolute atomic E-state index is 0.341. The van der Waals surface area contributed by atoms with Crippen molar-refractivity contribution >= 4 is 22.9 Å². The van der Waals surface area contributed by atoms with Gasteiger partial charge in [0, 0.05) is 17.3 Å². The van der Waals surface area contributed by atoms with E-state index < -0.39 is 6.10 Å². The number of carbonyl (C=O) groups excluding carboxylic acids is 1. The number of ether oxygens (including phenoxy) is 1. The number of amides is 1. The van der Waals surface area contributed by atoms with Crippen LogP contribution < -0.4 is 10.2 Å². The normalized spacial score (nSPS) is 12.1. The molecule has 6 nitrogen and oxygen atoms in total. The Bertz CT molecular complexity index is 1520. The molecule has 5 rings (SSSR count). The molecule has 4 aromatic carbocycles. The van der Waals surface area contributed by atoms with Crippen molar-refractivity contribution in [3.63, 3.8) is 0 Å². The van der Waals surface area contributed by atoms with Gasteiger partial charge in [-0.2, -0.15) is 10.2 Å². The molecule has 0 saturated carbocycles. The Balaban J connectivity index is 1.32. The van der Waals surface area contributed by atoms with E-state index in [0.717, 1.165) is 33.3 Å². The van der Waals surface area contributed by atoms with Crippen LogP contribution in [-0.4, -0.2) is 28.0 Å². The van der Waals surface area contributed by atoms with E-state index in [1.807, 2.05) is 115 Å². The third kappa shape index (κ3) is 5.18. The van der Waals surface area contributed by atoms with Crippen molar-refractivity contribution in [3.05, 3.63) is 114 Å². The van der Waals surface area contributed by atoms with Crippen LogP contribution in [0.5, 0.6) is 5.75 Å². The molecule has 0 radical (unpaired) electrons. The monoisotopic (exact) mass is 474 g/mol. The Morgan fingerprint density at radius 1 is 0.944 bits per heavy atom. The van der Waals surface area contributed by atoms with Crippen LogP contribution in [0.4, 0.5) is 0 Å². The van der Waals surface area contributed by atoms with E-state index in [2.05, 4.69) is 10.5 Å². The second kappa shape index (κ2) is 10.3. The maximum atomic E-state index is 12.6. The van der Waals surface area contributed by atoms with Crippen molar-refractivity contribution < 1.29 is 9.53 Å². The standard InChI is InChI=1S/C30H26N4O2/c1-21-12-14-24(15-13-21)29-26(20-34(33-29)27-10-4-3-5-11-27)19-31-32-30(35)22(2)36-28-17-16-23-8-6-7-9-25(23)18-28/h3-20,22H,1-2H3,(H,32,35)/b31-19+. The molecule has 1 unspecified atom stereocenters. The van der Waals surface area contributed by atoms with Crippen LogP contribution >= 0.6 is 0 Å². The van der Waals surface area contributed by atoms with E-state index in [-0.39, 0.29) is 5.91 Å². The van der Waals surface area contributed by atoms with Gasteiger partial charge in [-0.3, -0.25) is 4.79 Å². The van der Waals surface area contributed by atoms with Crippen molar-refractivity contribution in [1.82, 2.24) is 15.2 Å². The lowest BCUT2D eigenvalue weighted by atomic mass is 10.1. The van der Waals surface area contributed by atoms with Gasteiger partial charge < -0.3 is 4.74 Å². The van der Waals surface area contributed by atoms with Gasteiger partial charge in [0.25, 0.3) is 5.91 Å². The van der Waals surface area contributed by atoms with E-state index >= 15 is 0 Å². The number of fused-ring (bicyclic) bond motifs is 1. The quantitative estimate of drug-likeness (QED) is 0.235. The number of aromatic nitrogens is 2. The Labute approximate surface area is 209 Å². The molecule has 0 fully saturated rings. The van der Waals surface area contributed by atoms with Gasteiger partial charge in [0.1, 0.15) is 11.4 Å². The Hall–Kier alpha value is -4.71. The molecule has 1 aromatic heterocycles. The van der Waals surface area contributed by atoms with Crippen molar-refractivity contribution in [2.45, 2.75) is 20.0 Å². The van der Waals surface area contributed by atoms with Crippen LogP contribution in [-0.2, 0) is 4.79 Å². The first-order valence-electron chi connectivity index (χ1n) is 11.8. The lowest BCUT2D eigenvalue weighted by Gasteiger charge is -2.13. The fraction of sp³-hybridized carbons (Fsp3) is 0.100. The summed E-state index contributed by atoms with van der Waals surface area (Å²) in [5.74, 6) is 0.290. The average molecular weight is 475 g/mol. The van der Waals surface area contributed by atoms with Crippen LogP contribution in [0.2, 0.25) is 0 Å². The van der Waals surface area contributed by atoms with Gasteiger partial charge in [-0.25, -0.2) is 10.1 Å². The molecule has 178 valence electrons. The number of hydrazone groups is 1. The summed E-state index contributed by atoms with van der Waals surface area (Å²) in [6, 6.07) is 31.8. The van der Waals surface area contributed by atoms with Crippen molar-refractivity contribution in [1.29, 1.82) is 0 Å². The zero-order chi connectivity index (χ0) is 24.9. The van der Waals surface area contributed by atoms with Gasteiger partial charge in [0.15, 0.2) is 6.10 Å². The minimum Gasteiger partial charge on any atom is -0.481 e. The average Bonchev–Trinajstić information content (AvgIpc) is 3.33. The maximum absolute atomic E-state index is 12.6. The van der Waals surface area contributed by atoms with E-state index in [9.17, 15) is 4.79 Å². The Morgan fingerprint density at radius 2 is 1.67 bits per heavy atom. The minimum atomic E-state index is -0.716. The van der Waals surface area contributed by atoms with E-state index in [1.165, 1.54) is 5.56 Å². The summed E-state index contributed by atoms with van der Waals surface area (Å²) in [6.07, 6.45) is 2.80. The summed E-state index contributed by atoms with van der Waals surface area (Å²) in [5.41, 5.74) is 7.23. The zero-order valence-electron chi connectivity index (χ0n) is 20.1. The molecule has 5 aromatic rings. The highest BCUT2D eigenvalue weighted by Gasteiger charge is 2.15. The molecular formula is C30H26N4O2. The third-order valence-corrected chi connectivity index (χ3v) is 5.87. The Kier molecular flexibility index (Phi) is 6.58. The number of para-hydroxylation sites is 1. The maximum Gasteiger partial charge on any atom is 0.280 e.